The first kappa shape index (κ1) is 20.2. The van der Waals surface area contributed by atoms with Crippen LogP contribution in [0.15, 0.2) is 41.3 Å². The van der Waals surface area contributed by atoms with E-state index in [9.17, 15) is 28.4 Å². The monoisotopic (exact) mass is 394 g/mol. The third-order valence-corrected chi connectivity index (χ3v) is 5.66. The molecule has 0 heterocycles. The Morgan fingerprint density at radius 2 is 1.85 bits per heavy atom. The second-order valence-corrected chi connectivity index (χ2v) is 7.63. The minimum Gasteiger partial charge on any atom is -0.496 e. The Morgan fingerprint density at radius 3 is 2.37 bits per heavy atom. The van der Waals surface area contributed by atoms with Gasteiger partial charge in [0, 0.05) is 12.1 Å². The molecule has 0 saturated heterocycles. The normalized spacial score (nSPS) is 11.1. The summed E-state index contributed by atoms with van der Waals surface area (Å²) in [7, 11) is -2.84. The molecule has 10 heteroatoms. The summed E-state index contributed by atoms with van der Waals surface area (Å²) in [6, 6.07) is 7.76. The molecule has 0 radical (unpaired) electrons. The molecular formula is C17H18N2O7S. The maximum atomic E-state index is 13.1. The maximum absolute atomic E-state index is 13.1. The number of sulfonamides is 1. The van der Waals surface area contributed by atoms with Crippen LogP contribution < -0.4 is 9.04 Å². The molecule has 0 atom stereocenters. The van der Waals surface area contributed by atoms with Gasteiger partial charge in [0.25, 0.3) is 15.7 Å². The lowest BCUT2D eigenvalue weighted by Crippen LogP contribution is -2.36. The van der Waals surface area contributed by atoms with Gasteiger partial charge < -0.3 is 9.84 Å². The molecule has 2 rings (SSSR count). The zero-order chi connectivity index (χ0) is 20.4. The molecule has 0 aliphatic heterocycles. The molecule has 0 spiro atoms. The maximum Gasteiger partial charge on any atom is 0.324 e. The third-order valence-electron chi connectivity index (χ3n) is 3.91. The van der Waals surface area contributed by atoms with E-state index in [1.54, 1.807) is 13.8 Å². The van der Waals surface area contributed by atoms with Crippen molar-refractivity contribution in [3.63, 3.8) is 0 Å². The second kappa shape index (κ2) is 7.62. The van der Waals surface area contributed by atoms with Crippen molar-refractivity contribution < 1.29 is 28.0 Å². The molecule has 1 N–H and O–H groups in total. The molecule has 2 aromatic carbocycles. The van der Waals surface area contributed by atoms with Crippen LogP contribution in [0.25, 0.3) is 0 Å². The standard InChI is InChI=1S/C17H18N2O7S/c1-11-4-5-13(19(22)23)9-15(11)18(10-17(20)21)27(24,25)14-6-7-16(26-3)12(2)8-14/h4-9H,10H2,1-3H3,(H,20,21). The van der Waals surface area contributed by atoms with E-state index in [0.717, 1.165) is 6.07 Å². The largest absolute Gasteiger partial charge is 0.496 e. The van der Waals surface area contributed by atoms with Crippen molar-refractivity contribution in [2.75, 3.05) is 18.0 Å². The van der Waals surface area contributed by atoms with Crippen molar-refractivity contribution >= 4 is 27.4 Å². The van der Waals surface area contributed by atoms with E-state index in [1.165, 1.54) is 37.4 Å². The molecule has 0 saturated carbocycles. The number of carboxylic acid groups (broad SMARTS) is 1. The minimum absolute atomic E-state index is 0.0694. The Labute approximate surface area is 156 Å². The van der Waals surface area contributed by atoms with Gasteiger partial charge in [0.05, 0.1) is 22.6 Å². The topological polar surface area (TPSA) is 127 Å². The Balaban J connectivity index is 2.66. The first-order valence-corrected chi connectivity index (χ1v) is 9.16. The highest BCUT2D eigenvalue weighted by molar-refractivity contribution is 7.92. The van der Waals surface area contributed by atoms with E-state index < -0.39 is 27.5 Å². The molecule has 2 aromatic rings. The van der Waals surface area contributed by atoms with Crippen LogP contribution in [0.1, 0.15) is 11.1 Å². The van der Waals surface area contributed by atoms with E-state index in [4.69, 9.17) is 4.74 Å². The Morgan fingerprint density at radius 1 is 1.19 bits per heavy atom. The van der Waals surface area contributed by atoms with E-state index >= 15 is 0 Å². The molecule has 27 heavy (non-hydrogen) atoms. The summed E-state index contributed by atoms with van der Waals surface area (Å²) in [6.07, 6.45) is 0. The van der Waals surface area contributed by atoms with Crippen LogP contribution in [-0.2, 0) is 14.8 Å². The number of anilines is 1. The van der Waals surface area contributed by atoms with Crippen LogP contribution in [-0.4, -0.2) is 38.1 Å². The van der Waals surface area contributed by atoms with Crippen LogP contribution in [0.4, 0.5) is 11.4 Å². The van der Waals surface area contributed by atoms with Crippen molar-refractivity contribution in [3.05, 3.63) is 57.6 Å². The van der Waals surface area contributed by atoms with Gasteiger partial charge in [-0.15, -0.1) is 0 Å². The summed E-state index contributed by atoms with van der Waals surface area (Å²) in [5, 5.41) is 20.3. The molecule has 9 nitrogen and oxygen atoms in total. The average Bonchev–Trinajstić information content (AvgIpc) is 2.59. The minimum atomic E-state index is -4.29. The lowest BCUT2D eigenvalue weighted by atomic mass is 10.2. The van der Waals surface area contributed by atoms with Gasteiger partial charge in [0.1, 0.15) is 12.3 Å². The van der Waals surface area contributed by atoms with Crippen molar-refractivity contribution in [1.82, 2.24) is 0 Å². The molecule has 0 aliphatic rings. The summed E-state index contributed by atoms with van der Waals surface area (Å²) in [4.78, 5) is 21.5. The molecular weight excluding hydrogens is 376 g/mol. The van der Waals surface area contributed by atoms with Crippen LogP contribution in [0.5, 0.6) is 5.75 Å². The fraction of sp³-hybridized carbons (Fsp3) is 0.235. The zero-order valence-corrected chi connectivity index (χ0v) is 15.7. The number of ether oxygens (including phenoxy) is 1. The fourth-order valence-corrected chi connectivity index (χ4v) is 4.10. The summed E-state index contributed by atoms with van der Waals surface area (Å²) < 4.78 is 32.0. The van der Waals surface area contributed by atoms with Crippen LogP contribution >= 0.6 is 0 Å². The van der Waals surface area contributed by atoms with Crippen LogP contribution in [0.2, 0.25) is 0 Å². The SMILES string of the molecule is COc1ccc(S(=O)(=O)N(CC(=O)O)c2cc([N+](=O)[O-])ccc2C)cc1C. The quantitative estimate of drug-likeness (QED) is 0.564. The molecule has 0 aromatic heterocycles. The number of hydrogen-bond donors (Lipinski definition) is 1. The van der Waals surface area contributed by atoms with E-state index in [0.29, 0.717) is 21.2 Å². The summed E-state index contributed by atoms with van der Waals surface area (Å²) in [5.74, 6) is -0.917. The van der Waals surface area contributed by atoms with Gasteiger partial charge in [-0.25, -0.2) is 8.42 Å². The highest BCUT2D eigenvalue weighted by atomic mass is 32.2. The van der Waals surface area contributed by atoms with Crippen molar-refractivity contribution in [2.24, 2.45) is 0 Å². The first-order valence-electron chi connectivity index (χ1n) is 7.72. The van der Waals surface area contributed by atoms with Gasteiger partial charge in [-0.3, -0.25) is 19.2 Å². The van der Waals surface area contributed by atoms with Crippen molar-refractivity contribution in [2.45, 2.75) is 18.7 Å². The summed E-state index contributed by atoms with van der Waals surface area (Å²) in [5.41, 5.74) is 0.521. The first-order chi connectivity index (χ1) is 12.6. The number of aryl methyl sites for hydroxylation is 2. The van der Waals surface area contributed by atoms with Gasteiger partial charge in [0.15, 0.2) is 0 Å². The zero-order valence-electron chi connectivity index (χ0n) is 14.9. The van der Waals surface area contributed by atoms with Gasteiger partial charge >= 0.3 is 5.97 Å². The molecule has 0 amide bonds. The van der Waals surface area contributed by atoms with Crippen LogP contribution in [0, 0.1) is 24.0 Å². The number of nitro groups is 1. The smallest absolute Gasteiger partial charge is 0.324 e. The summed E-state index contributed by atoms with van der Waals surface area (Å²) in [6.45, 7) is 2.32. The lowest BCUT2D eigenvalue weighted by Gasteiger charge is -2.24. The van der Waals surface area contributed by atoms with E-state index in [1.807, 2.05) is 0 Å². The van der Waals surface area contributed by atoms with Gasteiger partial charge in [-0.1, -0.05) is 6.07 Å². The predicted octanol–water partition coefficient (Wildman–Crippen LogP) is 2.50. The number of aliphatic carboxylic acids is 1. The second-order valence-electron chi connectivity index (χ2n) is 5.76. The van der Waals surface area contributed by atoms with E-state index in [-0.39, 0.29) is 16.3 Å². The molecule has 0 aliphatic carbocycles. The summed E-state index contributed by atoms with van der Waals surface area (Å²) >= 11 is 0. The molecule has 0 fully saturated rings. The number of hydrogen-bond acceptors (Lipinski definition) is 6. The van der Waals surface area contributed by atoms with Gasteiger partial charge in [-0.2, -0.15) is 0 Å². The molecule has 144 valence electrons. The fourth-order valence-electron chi connectivity index (χ4n) is 2.54. The number of nitrogens with zero attached hydrogens (tertiary/aromatic N) is 2. The number of benzene rings is 2. The Hall–Kier alpha value is -3.14. The Bertz CT molecular complexity index is 1000. The lowest BCUT2D eigenvalue weighted by molar-refractivity contribution is -0.384. The number of methoxy groups -OCH3 is 1. The number of non-ortho nitro benzene ring substituents is 1. The highest BCUT2D eigenvalue weighted by Crippen LogP contribution is 2.31. The van der Waals surface area contributed by atoms with Crippen molar-refractivity contribution in [3.8, 4) is 5.75 Å². The molecule has 0 unspecified atom stereocenters. The Kier molecular flexibility index (Phi) is 5.69. The third kappa shape index (κ3) is 4.17. The highest BCUT2D eigenvalue weighted by Gasteiger charge is 2.29. The van der Waals surface area contributed by atoms with E-state index in [2.05, 4.69) is 0 Å². The van der Waals surface area contributed by atoms with Crippen LogP contribution in [0.3, 0.4) is 0 Å². The van der Waals surface area contributed by atoms with Crippen molar-refractivity contribution in [1.29, 1.82) is 0 Å². The number of rotatable bonds is 7. The molecule has 0 bridgehead atoms. The number of carboxylic acids is 1. The average molecular weight is 394 g/mol. The number of carbonyl (C=O) groups is 1. The van der Waals surface area contributed by atoms with Gasteiger partial charge in [-0.05, 0) is 43.2 Å². The predicted molar refractivity (Wildman–Crippen MR) is 97.7 cm³/mol. The van der Waals surface area contributed by atoms with Gasteiger partial charge in [0.2, 0.25) is 0 Å². The number of nitro benzene ring substituents is 1.